The van der Waals surface area contributed by atoms with E-state index in [1.165, 1.54) is 6.42 Å². The van der Waals surface area contributed by atoms with E-state index in [4.69, 9.17) is 18.0 Å². The summed E-state index contributed by atoms with van der Waals surface area (Å²) in [5.74, 6) is 0. The monoisotopic (exact) mass is 290 g/mol. The Hall–Kier alpha value is 0.0569. The molecule has 1 rings (SSSR count). The lowest BCUT2D eigenvalue weighted by Crippen LogP contribution is -2.45. The standard InChI is InChI=1S/C14H30O4Si/c1-5-13-14(18-13)11-9-10-12-19(15-6-2,16-7-3)17-8-4/h13-14H,5-12H2,1-4H3. The summed E-state index contributed by atoms with van der Waals surface area (Å²) in [4.78, 5) is 0. The van der Waals surface area contributed by atoms with Crippen LogP contribution in [-0.2, 0) is 18.0 Å². The van der Waals surface area contributed by atoms with E-state index in [0.717, 1.165) is 25.3 Å². The Bertz CT molecular complexity index is 220. The zero-order valence-corrected chi connectivity index (χ0v) is 13.9. The van der Waals surface area contributed by atoms with Crippen LogP contribution in [0.1, 0.15) is 53.4 Å². The van der Waals surface area contributed by atoms with Gasteiger partial charge < -0.3 is 18.0 Å². The maximum absolute atomic E-state index is 5.84. The van der Waals surface area contributed by atoms with Crippen LogP contribution in [0.3, 0.4) is 0 Å². The SMILES string of the molecule is CCO[Si](CCCCC1OC1CC)(OCC)OCC. The van der Waals surface area contributed by atoms with Crippen LogP contribution in [0.2, 0.25) is 6.04 Å². The average Bonchev–Trinajstić information content (AvgIpc) is 3.14. The summed E-state index contributed by atoms with van der Waals surface area (Å²) in [7, 11) is -2.41. The molecule has 0 amide bonds. The Balaban J connectivity index is 2.26. The Morgan fingerprint density at radius 1 is 0.842 bits per heavy atom. The molecule has 2 atom stereocenters. The third-order valence-electron chi connectivity index (χ3n) is 3.40. The van der Waals surface area contributed by atoms with E-state index in [9.17, 15) is 0 Å². The van der Waals surface area contributed by atoms with Crippen molar-refractivity contribution in [1.82, 2.24) is 0 Å². The lowest BCUT2D eigenvalue weighted by molar-refractivity contribution is 0.0706. The third-order valence-corrected chi connectivity index (χ3v) is 6.56. The highest BCUT2D eigenvalue weighted by Crippen LogP contribution is 2.30. The van der Waals surface area contributed by atoms with Gasteiger partial charge in [-0.05, 0) is 40.0 Å². The Morgan fingerprint density at radius 2 is 1.42 bits per heavy atom. The molecule has 0 radical (unpaired) electrons. The Labute approximate surface area is 119 Å². The van der Waals surface area contributed by atoms with Crippen LogP contribution in [0.15, 0.2) is 0 Å². The van der Waals surface area contributed by atoms with Crippen molar-refractivity contribution in [3.63, 3.8) is 0 Å². The van der Waals surface area contributed by atoms with Gasteiger partial charge in [0.2, 0.25) is 0 Å². The lowest BCUT2D eigenvalue weighted by Gasteiger charge is -2.28. The fourth-order valence-corrected chi connectivity index (χ4v) is 5.17. The fraction of sp³-hybridized carbons (Fsp3) is 1.00. The maximum atomic E-state index is 5.84. The highest BCUT2D eigenvalue weighted by atomic mass is 28.4. The maximum Gasteiger partial charge on any atom is 0.500 e. The van der Waals surface area contributed by atoms with Crippen LogP contribution in [0.25, 0.3) is 0 Å². The molecule has 1 heterocycles. The second kappa shape index (κ2) is 9.08. The molecular weight excluding hydrogens is 260 g/mol. The molecule has 1 aliphatic rings. The second-order valence-corrected chi connectivity index (χ2v) is 7.58. The van der Waals surface area contributed by atoms with E-state index in [0.29, 0.717) is 32.0 Å². The molecule has 1 aliphatic heterocycles. The zero-order chi connectivity index (χ0) is 14.1. The van der Waals surface area contributed by atoms with E-state index in [2.05, 4.69) is 6.92 Å². The molecule has 0 aromatic heterocycles. The predicted octanol–water partition coefficient (Wildman–Crippen LogP) is 3.38. The van der Waals surface area contributed by atoms with Crippen LogP contribution in [0.5, 0.6) is 0 Å². The first-order valence-electron chi connectivity index (χ1n) is 7.78. The van der Waals surface area contributed by atoms with Crippen molar-refractivity contribution < 1.29 is 18.0 Å². The molecule has 5 heteroatoms. The van der Waals surface area contributed by atoms with Crippen molar-refractivity contribution in [2.24, 2.45) is 0 Å². The highest BCUT2D eigenvalue weighted by Gasteiger charge is 2.40. The molecule has 1 fully saturated rings. The summed E-state index contributed by atoms with van der Waals surface area (Å²) in [6.45, 7) is 10.2. The first-order valence-corrected chi connectivity index (χ1v) is 9.71. The third kappa shape index (κ3) is 5.91. The van der Waals surface area contributed by atoms with Gasteiger partial charge in [-0.15, -0.1) is 0 Å². The summed E-state index contributed by atoms with van der Waals surface area (Å²) in [6, 6.07) is 0.923. The first-order chi connectivity index (χ1) is 9.21. The molecule has 0 N–H and O–H groups in total. The van der Waals surface area contributed by atoms with Gasteiger partial charge in [0, 0.05) is 25.9 Å². The fourth-order valence-electron chi connectivity index (χ4n) is 2.48. The molecular formula is C14H30O4Si. The smallest absolute Gasteiger partial charge is 0.374 e. The first kappa shape index (κ1) is 17.1. The highest BCUT2D eigenvalue weighted by molar-refractivity contribution is 6.60. The van der Waals surface area contributed by atoms with Crippen LogP contribution in [-0.4, -0.2) is 40.8 Å². The van der Waals surface area contributed by atoms with E-state index >= 15 is 0 Å². The van der Waals surface area contributed by atoms with Crippen molar-refractivity contribution in [1.29, 1.82) is 0 Å². The zero-order valence-electron chi connectivity index (χ0n) is 12.9. The topological polar surface area (TPSA) is 40.2 Å². The number of epoxide rings is 1. The number of rotatable bonds is 12. The normalized spacial score (nSPS) is 22.7. The lowest BCUT2D eigenvalue weighted by atomic mass is 10.1. The molecule has 0 spiro atoms. The van der Waals surface area contributed by atoms with E-state index in [1.54, 1.807) is 0 Å². The molecule has 1 saturated heterocycles. The van der Waals surface area contributed by atoms with Gasteiger partial charge in [0.05, 0.1) is 12.2 Å². The predicted molar refractivity (Wildman–Crippen MR) is 78.2 cm³/mol. The average molecular weight is 290 g/mol. The summed E-state index contributed by atoms with van der Waals surface area (Å²) < 4.78 is 23.1. The molecule has 0 aromatic rings. The van der Waals surface area contributed by atoms with Crippen LogP contribution in [0, 0.1) is 0 Å². The summed E-state index contributed by atoms with van der Waals surface area (Å²) in [5, 5.41) is 0. The number of hydrogen-bond acceptors (Lipinski definition) is 4. The minimum atomic E-state index is -2.41. The van der Waals surface area contributed by atoms with Crippen LogP contribution in [0.4, 0.5) is 0 Å². The number of ether oxygens (including phenoxy) is 1. The molecule has 114 valence electrons. The summed E-state index contributed by atoms with van der Waals surface area (Å²) >= 11 is 0. The summed E-state index contributed by atoms with van der Waals surface area (Å²) in [6.07, 6.45) is 5.60. The summed E-state index contributed by atoms with van der Waals surface area (Å²) in [5.41, 5.74) is 0. The number of hydrogen-bond donors (Lipinski definition) is 0. The van der Waals surface area contributed by atoms with E-state index in [1.807, 2.05) is 20.8 Å². The molecule has 0 aliphatic carbocycles. The largest absolute Gasteiger partial charge is 0.500 e. The van der Waals surface area contributed by atoms with Crippen molar-refractivity contribution in [2.45, 2.75) is 71.6 Å². The van der Waals surface area contributed by atoms with Crippen molar-refractivity contribution >= 4 is 8.80 Å². The second-order valence-electron chi connectivity index (χ2n) is 4.85. The molecule has 0 saturated carbocycles. The minimum absolute atomic E-state index is 0.507. The van der Waals surface area contributed by atoms with Gasteiger partial charge in [0.1, 0.15) is 0 Å². The van der Waals surface area contributed by atoms with Crippen molar-refractivity contribution in [3.05, 3.63) is 0 Å². The molecule has 2 unspecified atom stereocenters. The molecule has 4 nitrogen and oxygen atoms in total. The Kier molecular flexibility index (Phi) is 8.17. The van der Waals surface area contributed by atoms with Crippen molar-refractivity contribution in [2.75, 3.05) is 19.8 Å². The van der Waals surface area contributed by atoms with Crippen LogP contribution >= 0.6 is 0 Å². The van der Waals surface area contributed by atoms with Gasteiger partial charge in [-0.3, -0.25) is 0 Å². The van der Waals surface area contributed by atoms with E-state index < -0.39 is 8.80 Å². The molecule has 0 aromatic carbocycles. The van der Waals surface area contributed by atoms with Crippen LogP contribution < -0.4 is 0 Å². The Morgan fingerprint density at radius 3 is 1.84 bits per heavy atom. The van der Waals surface area contributed by atoms with Gasteiger partial charge >= 0.3 is 8.80 Å². The van der Waals surface area contributed by atoms with E-state index in [-0.39, 0.29) is 0 Å². The van der Waals surface area contributed by atoms with Crippen molar-refractivity contribution in [3.8, 4) is 0 Å². The van der Waals surface area contributed by atoms with Gasteiger partial charge in [-0.2, -0.15) is 0 Å². The van der Waals surface area contributed by atoms with Gasteiger partial charge in [-0.1, -0.05) is 13.3 Å². The van der Waals surface area contributed by atoms with Gasteiger partial charge in [0.15, 0.2) is 0 Å². The van der Waals surface area contributed by atoms with Gasteiger partial charge in [-0.25, -0.2) is 0 Å². The number of unbranched alkanes of at least 4 members (excludes halogenated alkanes) is 1. The quantitative estimate of drug-likeness (QED) is 0.314. The molecule has 19 heavy (non-hydrogen) atoms. The minimum Gasteiger partial charge on any atom is -0.374 e. The molecule has 0 bridgehead atoms. The van der Waals surface area contributed by atoms with Gasteiger partial charge in [0.25, 0.3) is 0 Å².